The summed E-state index contributed by atoms with van der Waals surface area (Å²) >= 11 is 0. The van der Waals surface area contributed by atoms with Crippen molar-refractivity contribution in [1.82, 2.24) is 0 Å². The highest BCUT2D eigenvalue weighted by Gasteiger charge is 2.13. The normalized spacial score (nSPS) is 10.9. The van der Waals surface area contributed by atoms with Crippen LogP contribution >= 0.6 is 0 Å². The highest BCUT2D eigenvalue weighted by atomic mass is 16.3. The van der Waals surface area contributed by atoms with Gasteiger partial charge in [0.15, 0.2) is 5.78 Å². The molecule has 0 unspecified atom stereocenters. The number of carbonyl (C=O) groups excluding carboxylic acids is 1. The van der Waals surface area contributed by atoms with Crippen molar-refractivity contribution in [3.8, 4) is 5.75 Å². The number of benzene rings is 1. The number of aromatic hydroxyl groups is 1. The number of furan rings is 1. The molecule has 0 amide bonds. The van der Waals surface area contributed by atoms with Crippen LogP contribution in [0.25, 0.3) is 11.0 Å². The molecule has 0 aliphatic heterocycles. The summed E-state index contributed by atoms with van der Waals surface area (Å²) in [5, 5.41) is 10.5. The van der Waals surface area contributed by atoms with Crippen molar-refractivity contribution in [3.63, 3.8) is 0 Å². The Balaban J connectivity index is 2.83. The molecule has 1 N–H and O–H groups in total. The van der Waals surface area contributed by atoms with Crippen LogP contribution in [-0.4, -0.2) is 10.9 Å². The van der Waals surface area contributed by atoms with Crippen molar-refractivity contribution >= 4 is 16.8 Å². The first kappa shape index (κ1) is 9.77. The van der Waals surface area contributed by atoms with Crippen LogP contribution in [0.5, 0.6) is 5.75 Å². The number of ketones is 1. The minimum Gasteiger partial charge on any atom is -0.507 e. The Morgan fingerprint density at radius 3 is 2.60 bits per heavy atom. The largest absolute Gasteiger partial charge is 0.507 e. The molecule has 0 aliphatic carbocycles. The number of carbonyl (C=O) groups is 1. The van der Waals surface area contributed by atoms with Crippen molar-refractivity contribution in [2.24, 2.45) is 0 Å². The first-order chi connectivity index (χ1) is 7.00. The average Bonchev–Trinajstić information content (AvgIpc) is 2.41. The van der Waals surface area contributed by atoms with Crippen LogP contribution < -0.4 is 0 Å². The smallest absolute Gasteiger partial charge is 0.163 e. The Morgan fingerprint density at radius 1 is 1.33 bits per heavy atom. The Morgan fingerprint density at radius 2 is 2.00 bits per heavy atom. The number of aryl methyl sites for hydroxylation is 2. The maximum Gasteiger partial charge on any atom is 0.163 e. The van der Waals surface area contributed by atoms with Crippen LogP contribution in [0.3, 0.4) is 0 Å². The molecule has 0 radical (unpaired) electrons. The van der Waals surface area contributed by atoms with E-state index in [1.54, 1.807) is 6.07 Å². The molecular formula is C12H12O3. The summed E-state index contributed by atoms with van der Waals surface area (Å²) in [5.41, 5.74) is 1.96. The van der Waals surface area contributed by atoms with Gasteiger partial charge in [0.2, 0.25) is 0 Å². The molecule has 3 heteroatoms. The zero-order chi connectivity index (χ0) is 11.2. The van der Waals surface area contributed by atoms with E-state index in [9.17, 15) is 9.90 Å². The van der Waals surface area contributed by atoms with Crippen molar-refractivity contribution in [2.45, 2.75) is 20.8 Å². The number of hydrogen-bond acceptors (Lipinski definition) is 3. The maximum absolute atomic E-state index is 11.2. The average molecular weight is 204 g/mol. The molecule has 78 valence electrons. The van der Waals surface area contributed by atoms with E-state index in [1.165, 1.54) is 13.0 Å². The van der Waals surface area contributed by atoms with Crippen LogP contribution in [0.15, 0.2) is 16.5 Å². The fraction of sp³-hybridized carbons (Fsp3) is 0.250. The first-order valence-corrected chi connectivity index (χ1v) is 4.74. The van der Waals surface area contributed by atoms with Gasteiger partial charge in [-0.1, -0.05) is 0 Å². The maximum atomic E-state index is 11.2. The van der Waals surface area contributed by atoms with Crippen LogP contribution in [0.1, 0.15) is 28.6 Å². The summed E-state index contributed by atoms with van der Waals surface area (Å²) < 4.78 is 5.44. The third kappa shape index (κ3) is 1.40. The third-order valence-corrected chi connectivity index (χ3v) is 2.67. The Hall–Kier alpha value is -1.77. The zero-order valence-electron chi connectivity index (χ0n) is 8.92. The van der Waals surface area contributed by atoms with Gasteiger partial charge in [-0.05, 0) is 32.4 Å². The number of phenols is 1. The summed E-state index contributed by atoms with van der Waals surface area (Å²) in [6.45, 7) is 5.23. The summed E-state index contributed by atoms with van der Waals surface area (Å²) in [5.74, 6) is 0.640. The number of rotatable bonds is 1. The van der Waals surface area contributed by atoms with Crippen molar-refractivity contribution in [2.75, 3.05) is 0 Å². The molecule has 0 bridgehead atoms. The van der Waals surface area contributed by atoms with Gasteiger partial charge in [0, 0.05) is 11.5 Å². The topological polar surface area (TPSA) is 50.4 Å². The van der Waals surface area contributed by atoms with Gasteiger partial charge in [-0.15, -0.1) is 0 Å². The van der Waals surface area contributed by atoms with E-state index in [-0.39, 0.29) is 11.5 Å². The highest BCUT2D eigenvalue weighted by Crippen LogP contribution is 2.30. The fourth-order valence-electron chi connectivity index (χ4n) is 1.66. The molecule has 1 aromatic carbocycles. The first-order valence-electron chi connectivity index (χ1n) is 4.74. The quantitative estimate of drug-likeness (QED) is 0.726. The summed E-state index contributed by atoms with van der Waals surface area (Å²) in [4.78, 5) is 11.2. The second-order valence-corrected chi connectivity index (χ2v) is 3.70. The van der Waals surface area contributed by atoms with E-state index >= 15 is 0 Å². The zero-order valence-corrected chi connectivity index (χ0v) is 8.92. The van der Waals surface area contributed by atoms with E-state index < -0.39 is 0 Å². The van der Waals surface area contributed by atoms with Gasteiger partial charge in [-0.25, -0.2) is 0 Å². The van der Waals surface area contributed by atoms with Crippen LogP contribution in [-0.2, 0) is 0 Å². The predicted octanol–water partition coefficient (Wildman–Crippen LogP) is 2.96. The molecule has 0 saturated heterocycles. The minimum atomic E-state index is -0.146. The fourth-order valence-corrected chi connectivity index (χ4v) is 1.66. The van der Waals surface area contributed by atoms with Crippen molar-refractivity contribution in [1.29, 1.82) is 0 Å². The summed E-state index contributed by atoms with van der Waals surface area (Å²) in [6.07, 6.45) is 0. The molecular weight excluding hydrogens is 192 g/mol. The predicted molar refractivity (Wildman–Crippen MR) is 57.4 cm³/mol. The number of phenolic OH excluding ortho intramolecular Hbond substituents is 1. The molecule has 0 spiro atoms. The molecule has 0 aliphatic rings. The van der Waals surface area contributed by atoms with Gasteiger partial charge in [0.25, 0.3) is 0 Å². The van der Waals surface area contributed by atoms with Crippen molar-refractivity contribution in [3.05, 3.63) is 29.0 Å². The Bertz CT molecular complexity index is 549. The molecule has 0 atom stereocenters. The lowest BCUT2D eigenvalue weighted by atomic mass is 10.1. The number of Topliss-reactive ketones (excluding diaryl/α,β-unsaturated/α-hetero) is 1. The lowest BCUT2D eigenvalue weighted by Gasteiger charge is -2.00. The van der Waals surface area contributed by atoms with Gasteiger partial charge < -0.3 is 9.52 Å². The Kier molecular flexibility index (Phi) is 2.03. The van der Waals surface area contributed by atoms with E-state index in [4.69, 9.17) is 4.42 Å². The second-order valence-electron chi connectivity index (χ2n) is 3.70. The third-order valence-electron chi connectivity index (χ3n) is 2.67. The van der Waals surface area contributed by atoms with E-state index in [0.29, 0.717) is 11.1 Å². The molecule has 0 fully saturated rings. The van der Waals surface area contributed by atoms with Crippen LogP contribution in [0.4, 0.5) is 0 Å². The van der Waals surface area contributed by atoms with Gasteiger partial charge in [0.05, 0.1) is 5.56 Å². The van der Waals surface area contributed by atoms with Crippen molar-refractivity contribution < 1.29 is 14.3 Å². The summed E-state index contributed by atoms with van der Waals surface area (Å²) in [6, 6.07) is 3.17. The monoisotopic (exact) mass is 204 g/mol. The highest BCUT2D eigenvalue weighted by molar-refractivity contribution is 6.01. The van der Waals surface area contributed by atoms with Gasteiger partial charge >= 0.3 is 0 Å². The second kappa shape index (κ2) is 3.12. The molecule has 2 rings (SSSR count). The SMILES string of the molecule is CC(=O)c1cc2c(C)c(C)oc2cc1O. The van der Waals surface area contributed by atoms with Gasteiger partial charge in [-0.2, -0.15) is 0 Å². The molecule has 3 nitrogen and oxygen atoms in total. The van der Waals surface area contributed by atoms with Crippen LogP contribution in [0, 0.1) is 13.8 Å². The van der Waals surface area contributed by atoms with E-state index in [1.807, 2.05) is 13.8 Å². The minimum absolute atomic E-state index is 0.0243. The summed E-state index contributed by atoms with van der Waals surface area (Å²) in [7, 11) is 0. The molecule has 1 heterocycles. The Labute approximate surface area is 87.3 Å². The molecule has 2 aromatic rings. The number of hydrogen-bond donors (Lipinski definition) is 1. The lowest BCUT2D eigenvalue weighted by molar-refractivity contribution is 0.101. The lowest BCUT2D eigenvalue weighted by Crippen LogP contribution is -1.92. The molecule has 15 heavy (non-hydrogen) atoms. The van der Waals surface area contributed by atoms with Crippen LogP contribution in [0.2, 0.25) is 0 Å². The van der Waals surface area contributed by atoms with E-state index in [2.05, 4.69) is 0 Å². The number of fused-ring (bicyclic) bond motifs is 1. The molecule has 0 saturated carbocycles. The molecule has 1 aromatic heterocycles. The standard InChI is InChI=1S/C12H12O3/c1-6-8(3)15-12-5-11(14)10(7(2)13)4-9(6)12/h4-5,14H,1-3H3. The van der Waals surface area contributed by atoms with E-state index in [0.717, 1.165) is 16.7 Å². The van der Waals surface area contributed by atoms with Gasteiger partial charge in [-0.3, -0.25) is 4.79 Å². The van der Waals surface area contributed by atoms with Gasteiger partial charge in [0.1, 0.15) is 17.1 Å².